The van der Waals surface area contributed by atoms with Crippen molar-refractivity contribution in [1.29, 1.82) is 0 Å². The van der Waals surface area contributed by atoms with Gasteiger partial charge < -0.3 is 14.6 Å². The molecular weight excluding hydrogens is 208 g/mol. The summed E-state index contributed by atoms with van der Waals surface area (Å²) in [6.45, 7) is 2.56. The summed E-state index contributed by atoms with van der Waals surface area (Å²) in [5.74, 6) is 1.17. The van der Waals surface area contributed by atoms with Gasteiger partial charge in [0.25, 0.3) is 0 Å². The Morgan fingerprint density at radius 1 is 1.12 bits per heavy atom. The van der Waals surface area contributed by atoms with Gasteiger partial charge >= 0.3 is 0 Å². The smallest absolute Gasteiger partial charge is 0.165 e. The van der Waals surface area contributed by atoms with Crippen molar-refractivity contribution in [2.75, 3.05) is 13.2 Å². The number of benzene rings is 1. The number of hydrogen-bond donors (Lipinski definition) is 1. The number of phenols is 1. The molecule has 0 aliphatic carbocycles. The number of hydrogen-bond acceptors (Lipinski definition) is 4. The van der Waals surface area contributed by atoms with Gasteiger partial charge in [-0.3, -0.25) is 4.79 Å². The maximum absolute atomic E-state index is 11.7. The lowest BCUT2D eigenvalue weighted by molar-refractivity contribution is 0.101. The van der Waals surface area contributed by atoms with Gasteiger partial charge in [0.15, 0.2) is 17.3 Å². The van der Waals surface area contributed by atoms with Crippen LogP contribution in [0, 0.1) is 0 Å². The van der Waals surface area contributed by atoms with Crippen LogP contribution in [0.2, 0.25) is 0 Å². The first kappa shape index (κ1) is 9.51. The summed E-state index contributed by atoms with van der Waals surface area (Å²) in [5, 5.41) is 10.0. The van der Waals surface area contributed by atoms with Crippen LogP contribution in [0.25, 0.3) is 0 Å². The molecule has 16 heavy (non-hydrogen) atoms. The van der Waals surface area contributed by atoms with Crippen LogP contribution in [-0.4, -0.2) is 24.1 Å². The van der Waals surface area contributed by atoms with E-state index >= 15 is 0 Å². The number of ketones is 1. The second kappa shape index (κ2) is 3.14. The average Bonchev–Trinajstić information content (AvgIpc) is 2.84. The maximum atomic E-state index is 11.7. The van der Waals surface area contributed by atoms with E-state index in [0.29, 0.717) is 48.7 Å². The predicted molar refractivity (Wildman–Crippen MR) is 56.5 cm³/mol. The highest BCUT2D eigenvalue weighted by Gasteiger charge is 2.32. The van der Waals surface area contributed by atoms with Crippen molar-refractivity contribution in [2.45, 2.75) is 19.8 Å². The quantitative estimate of drug-likeness (QED) is 0.728. The zero-order valence-electron chi connectivity index (χ0n) is 9.00. The fourth-order valence-corrected chi connectivity index (χ4v) is 2.46. The lowest BCUT2D eigenvalue weighted by Gasteiger charge is -2.12. The Hall–Kier alpha value is -1.71. The molecule has 2 heterocycles. The van der Waals surface area contributed by atoms with Gasteiger partial charge in [-0.15, -0.1) is 0 Å². The van der Waals surface area contributed by atoms with Crippen LogP contribution < -0.4 is 9.47 Å². The molecule has 0 unspecified atom stereocenters. The van der Waals surface area contributed by atoms with Gasteiger partial charge in [0.05, 0.1) is 18.8 Å². The third-order valence-corrected chi connectivity index (χ3v) is 3.13. The molecule has 0 atom stereocenters. The van der Waals surface area contributed by atoms with Gasteiger partial charge in [-0.05, 0) is 6.92 Å². The van der Waals surface area contributed by atoms with Crippen molar-refractivity contribution in [3.05, 3.63) is 16.7 Å². The lowest BCUT2D eigenvalue weighted by Crippen LogP contribution is -2.02. The molecule has 1 N–H and O–H groups in total. The molecule has 1 aromatic rings. The highest BCUT2D eigenvalue weighted by Crippen LogP contribution is 2.48. The molecule has 0 aromatic heterocycles. The Morgan fingerprint density at radius 3 is 2.44 bits per heavy atom. The number of carbonyl (C=O) groups is 1. The Labute approximate surface area is 92.8 Å². The van der Waals surface area contributed by atoms with Gasteiger partial charge in [-0.2, -0.15) is 0 Å². The summed E-state index contributed by atoms with van der Waals surface area (Å²) in [5.41, 5.74) is 2.11. The first-order valence-electron chi connectivity index (χ1n) is 5.37. The van der Waals surface area contributed by atoms with E-state index in [1.165, 1.54) is 6.92 Å². The van der Waals surface area contributed by atoms with Crippen molar-refractivity contribution in [2.24, 2.45) is 0 Å². The van der Waals surface area contributed by atoms with Gasteiger partial charge in [-0.25, -0.2) is 0 Å². The summed E-state index contributed by atoms with van der Waals surface area (Å²) in [7, 11) is 0. The molecule has 0 saturated carbocycles. The fourth-order valence-electron chi connectivity index (χ4n) is 2.46. The Bertz CT molecular complexity index is 455. The topological polar surface area (TPSA) is 55.8 Å². The number of phenolic OH excluding ortho intramolecular Hbond substituents is 1. The molecule has 0 fully saturated rings. The summed E-state index contributed by atoms with van der Waals surface area (Å²) < 4.78 is 10.8. The predicted octanol–water partition coefficient (Wildman–Crippen LogP) is 1.46. The first-order valence-corrected chi connectivity index (χ1v) is 5.37. The van der Waals surface area contributed by atoms with Crippen molar-refractivity contribution in [1.82, 2.24) is 0 Å². The molecule has 1 aromatic carbocycles. The number of carbonyl (C=O) groups excluding carboxylic acids is 1. The summed E-state index contributed by atoms with van der Waals surface area (Å²) in [6.07, 6.45) is 1.30. The fraction of sp³-hybridized carbons (Fsp3) is 0.417. The molecular formula is C12H12O4. The monoisotopic (exact) mass is 220 g/mol. The van der Waals surface area contributed by atoms with Crippen molar-refractivity contribution < 1.29 is 19.4 Å². The van der Waals surface area contributed by atoms with Crippen LogP contribution in [-0.2, 0) is 12.8 Å². The number of ether oxygens (including phenoxy) is 2. The van der Waals surface area contributed by atoms with E-state index in [9.17, 15) is 9.90 Å². The molecule has 0 saturated heterocycles. The summed E-state index contributed by atoms with van der Waals surface area (Å²) >= 11 is 0. The van der Waals surface area contributed by atoms with Crippen molar-refractivity contribution >= 4 is 5.78 Å². The average molecular weight is 220 g/mol. The molecule has 84 valence electrons. The molecule has 0 amide bonds. The van der Waals surface area contributed by atoms with Gasteiger partial charge in [0.2, 0.25) is 0 Å². The second-order valence-corrected chi connectivity index (χ2v) is 4.09. The summed E-state index contributed by atoms with van der Waals surface area (Å²) in [4.78, 5) is 11.7. The lowest BCUT2D eigenvalue weighted by atomic mass is 9.96. The van der Waals surface area contributed by atoms with Crippen LogP contribution in [0.15, 0.2) is 0 Å². The third-order valence-electron chi connectivity index (χ3n) is 3.13. The van der Waals surface area contributed by atoms with E-state index in [2.05, 4.69) is 0 Å². The summed E-state index contributed by atoms with van der Waals surface area (Å²) in [6, 6.07) is 0. The molecule has 0 spiro atoms. The van der Waals surface area contributed by atoms with Gasteiger partial charge in [-0.1, -0.05) is 0 Å². The van der Waals surface area contributed by atoms with Gasteiger partial charge in [0, 0.05) is 24.0 Å². The number of rotatable bonds is 1. The number of Topliss-reactive ketones (excluding diaryl/α,β-unsaturated/α-hetero) is 1. The molecule has 3 rings (SSSR count). The van der Waals surface area contributed by atoms with Gasteiger partial charge in [0.1, 0.15) is 5.75 Å². The Kier molecular flexibility index (Phi) is 1.87. The second-order valence-electron chi connectivity index (χ2n) is 4.09. The van der Waals surface area contributed by atoms with Crippen molar-refractivity contribution in [3.63, 3.8) is 0 Å². The zero-order valence-corrected chi connectivity index (χ0v) is 9.00. The molecule has 4 nitrogen and oxygen atoms in total. The highest BCUT2D eigenvalue weighted by atomic mass is 16.5. The first-order chi connectivity index (χ1) is 7.70. The standard InChI is InChI=1S/C12H12O4/c1-6(13)9-7-2-4-16-12(7)10(14)8-3-5-15-11(8)9/h14H,2-5H2,1H3. The number of aromatic hydroxyl groups is 1. The highest BCUT2D eigenvalue weighted by molar-refractivity contribution is 6.00. The minimum atomic E-state index is -0.0279. The van der Waals surface area contributed by atoms with E-state index in [1.807, 2.05) is 0 Å². The molecule has 4 heteroatoms. The maximum Gasteiger partial charge on any atom is 0.165 e. The minimum absolute atomic E-state index is 0.0279. The van der Waals surface area contributed by atoms with E-state index in [-0.39, 0.29) is 11.5 Å². The van der Waals surface area contributed by atoms with Crippen molar-refractivity contribution in [3.8, 4) is 17.2 Å². The van der Waals surface area contributed by atoms with E-state index in [4.69, 9.17) is 9.47 Å². The van der Waals surface area contributed by atoms with Crippen LogP contribution in [0.1, 0.15) is 28.4 Å². The molecule has 2 aliphatic rings. The molecule has 0 radical (unpaired) electrons. The van der Waals surface area contributed by atoms with Crippen LogP contribution in [0.5, 0.6) is 17.2 Å². The van der Waals surface area contributed by atoms with E-state index in [0.717, 1.165) is 5.56 Å². The number of fused-ring (bicyclic) bond motifs is 2. The Morgan fingerprint density at radius 2 is 1.75 bits per heavy atom. The SMILES string of the molecule is CC(=O)c1c2c(c(O)c3c1OCC3)OCC2. The normalized spacial score (nSPS) is 16.3. The Balaban J connectivity index is 2.36. The molecule has 0 bridgehead atoms. The largest absolute Gasteiger partial charge is 0.504 e. The van der Waals surface area contributed by atoms with Crippen LogP contribution in [0.4, 0.5) is 0 Å². The van der Waals surface area contributed by atoms with E-state index < -0.39 is 0 Å². The zero-order chi connectivity index (χ0) is 11.3. The van der Waals surface area contributed by atoms with Crippen LogP contribution in [0.3, 0.4) is 0 Å². The minimum Gasteiger partial charge on any atom is -0.504 e. The van der Waals surface area contributed by atoms with E-state index in [1.54, 1.807) is 0 Å². The van der Waals surface area contributed by atoms with Crippen LogP contribution >= 0.6 is 0 Å². The third kappa shape index (κ3) is 1.07. The molecule has 2 aliphatic heterocycles.